The lowest BCUT2D eigenvalue weighted by Crippen LogP contribution is -2.27. The molecule has 0 unspecified atom stereocenters. The Morgan fingerprint density at radius 3 is 2.78 bits per heavy atom. The summed E-state index contributed by atoms with van der Waals surface area (Å²) in [5, 5.41) is 3.69. The molecule has 0 atom stereocenters. The maximum Gasteiger partial charge on any atom is 0.198 e. The molecule has 96 valence electrons. The molecular formula is C14H19N3S. The highest BCUT2D eigenvalue weighted by Gasteiger charge is 2.11. The van der Waals surface area contributed by atoms with Crippen molar-refractivity contribution >= 4 is 28.9 Å². The topological polar surface area (TPSA) is 27.6 Å². The Balaban J connectivity index is 2.00. The minimum atomic E-state index is 0.546. The molecule has 1 aromatic rings. The van der Waals surface area contributed by atoms with E-state index in [-0.39, 0.29) is 0 Å². The molecule has 4 heteroatoms. The fourth-order valence-electron chi connectivity index (χ4n) is 2.06. The number of likely N-dealkylation sites (tertiary alicyclic amines) is 1. The zero-order valence-corrected chi connectivity index (χ0v) is 11.5. The maximum atomic E-state index is 5.29. The Morgan fingerprint density at radius 2 is 2.00 bits per heavy atom. The second-order valence-electron chi connectivity index (χ2n) is 4.56. The highest BCUT2D eigenvalue weighted by Crippen LogP contribution is 2.12. The fourth-order valence-corrected chi connectivity index (χ4v) is 2.28. The molecule has 0 spiro atoms. The number of benzene rings is 1. The van der Waals surface area contributed by atoms with Crippen molar-refractivity contribution in [2.45, 2.75) is 25.7 Å². The first-order valence-electron chi connectivity index (χ1n) is 6.40. The third kappa shape index (κ3) is 3.81. The van der Waals surface area contributed by atoms with Gasteiger partial charge in [0, 0.05) is 25.7 Å². The van der Waals surface area contributed by atoms with E-state index in [0.29, 0.717) is 5.11 Å². The van der Waals surface area contributed by atoms with Crippen LogP contribution in [0.1, 0.15) is 25.7 Å². The van der Waals surface area contributed by atoms with Gasteiger partial charge in [0.1, 0.15) is 5.84 Å². The second-order valence-corrected chi connectivity index (χ2v) is 4.94. The van der Waals surface area contributed by atoms with Crippen molar-refractivity contribution in [3.8, 4) is 0 Å². The van der Waals surface area contributed by atoms with Gasteiger partial charge in [0.2, 0.25) is 0 Å². The molecule has 18 heavy (non-hydrogen) atoms. The van der Waals surface area contributed by atoms with Crippen molar-refractivity contribution in [1.29, 1.82) is 0 Å². The summed E-state index contributed by atoms with van der Waals surface area (Å²) in [5.41, 5.74) is 0.989. The van der Waals surface area contributed by atoms with Gasteiger partial charge in [0.25, 0.3) is 0 Å². The summed E-state index contributed by atoms with van der Waals surface area (Å²) >= 11 is 5.29. The van der Waals surface area contributed by atoms with Crippen molar-refractivity contribution in [2.24, 2.45) is 4.99 Å². The van der Waals surface area contributed by atoms with Gasteiger partial charge in [-0.3, -0.25) is 0 Å². The first-order chi connectivity index (χ1) is 8.75. The molecule has 1 aromatic carbocycles. The molecule has 3 nitrogen and oxygen atoms in total. The molecule has 0 aromatic heterocycles. The normalized spacial score (nSPS) is 18.5. The van der Waals surface area contributed by atoms with Crippen molar-refractivity contribution in [1.82, 2.24) is 4.90 Å². The minimum absolute atomic E-state index is 0.546. The van der Waals surface area contributed by atoms with Crippen molar-refractivity contribution in [2.75, 3.05) is 18.9 Å². The van der Waals surface area contributed by atoms with Crippen LogP contribution in [-0.4, -0.2) is 29.4 Å². The molecule has 1 fully saturated rings. The summed E-state index contributed by atoms with van der Waals surface area (Å²) < 4.78 is 0. The number of nitrogens with zero attached hydrogens (tertiary/aromatic N) is 2. The van der Waals surface area contributed by atoms with Crippen LogP contribution in [0.25, 0.3) is 0 Å². The first-order valence-corrected chi connectivity index (χ1v) is 6.81. The molecule has 1 N–H and O–H groups in total. The predicted octanol–water partition coefficient (Wildman–Crippen LogP) is 3.29. The molecule has 1 saturated heterocycles. The Hall–Kier alpha value is -1.42. The van der Waals surface area contributed by atoms with Crippen LogP contribution >= 0.6 is 12.2 Å². The SMILES string of the molecule is CN1CCCCC/C1=N\C(=S)Nc1ccccc1. The van der Waals surface area contributed by atoms with Gasteiger partial charge in [-0.15, -0.1) is 0 Å². The Bertz CT molecular complexity index is 428. The molecule has 0 aliphatic carbocycles. The van der Waals surface area contributed by atoms with Crippen LogP contribution in [-0.2, 0) is 0 Å². The number of hydrogen-bond donors (Lipinski definition) is 1. The van der Waals surface area contributed by atoms with Crippen molar-refractivity contribution in [3.63, 3.8) is 0 Å². The Kier molecular flexibility index (Phi) is 4.70. The third-order valence-corrected chi connectivity index (χ3v) is 3.28. The van der Waals surface area contributed by atoms with E-state index in [4.69, 9.17) is 12.2 Å². The van der Waals surface area contributed by atoms with Crippen molar-refractivity contribution < 1.29 is 0 Å². The summed E-state index contributed by atoms with van der Waals surface area (Å²) in [6, 6.07) is 9.93. The van der Waals surface area contributed by atoms with E-state index in [2.05, 4.69) is 22.3 Å². The van der Waals surface area contributed by atoms with Crippen LogP contribution in [0.4, 0.5) is 5.69 Å². The minimum Gasteiger partial charge on any atom is -0.363 e. The highest BCUT2D eigenvalue weighted by atomic mass is 32.1. The summed E-state index contributed by atoms with van der Waals surface area (Å²) in [5.74, 6) is 1.10. The number of anilines is 1. The lowest BCUT2D eigenvalue weighted by molar-refractivity contribution is 0.495. The van der Waals surface area contributed by atoms with E-state index < -0.39 is 0 Å². The summed E-state index contributed by atoms with van der Waals surface area (Å²) in [7, 11) is 2.09. The largest absolute Gasteiger partial charge is 0.363 e. The zero-order chi connectivity index (χ0) is 12.8. The van der Waals surface area contributed by atoms with Crippen LogP contribution in [0.2, 0.25) is 0 Å². The van der Waals surface area contributed by atoms with Gasteiger partial charge in [0.15, 0.2) is 5.11 Å². The van der Waals surface area contributed by atoms with Crippen molar-refractivity contribution in [3.05, 3.63) is 30.3 Å². The molecule has 1 aliphatic heterocycles. The second kappa shape index (κ2) is 6.50. The monoisotopic (exact) mass is 261 g/mol. The van der Waals surface area contributed by atoms with E-state index in [9.17, 15) is 0 Å². The van der Waals surface area contributed by atoms with E-state index in [0.717, 1.165) is 24.5 Å². The number of aliphatic imine (C=N–C) groups is 1. The molecule has 1 heterocycles. The Morgan fingerprint density at radius 1 is 1.22 bits per heavy atom. The standard InChI is InChI=1S/C14H19N3S/c1-17-11-7-3-6-10-13(17)16-14(18)15-12-8-4-2-5-9-12/h2,4-5,8-9H,3,6-7,10-11H2,1H3,(H,15,18)/b16-13+. The molecule has 0 amide bonds. The number of nitrogens with one attached hydrogen (secondary N) is 1. The highest BCUT2D eigenvalue weighted by molar-refractivity contribution is 7.80. The number of hydrogen-bond acceptors (Lipinski definition) is 1. The lowest BCUT2D eigenvalue weighted by atomic mass is 10.2. The average molecular weight is 261 g/mol. The number of thiocarbonyl (C=S) groups is 1. The predicted molar refractivity (Wildman–Crippen MR) is 81.2 cm³/mol. The molecular weight excluding hydrogens is 242 g/mol. The summed E-state index contributed by atoms with van der Waals surface area (Å²) in [4.78, 5) is 6.75. The van der Waals surface area contributed by atoms with Gasteiger partial charge < -0.3 is 10.2 Å². The number of para-hydroxylation sites is 1. The zero-order valence-electron chi connectivity index (χ0n) is 10.7. The first kappa shape index (κ1) is 13.0. The summed E-state index contributed by atoms with van der Waals surface area (Å²) in [6.45, 7) is 1.08. The average Bonchev–Trinajstić information content (AvgIpc) is 2.56. The third-order valence-electron chi connectivity index (χ3n) is 3.09. The van der Waals surface area contributed by atoms with Gasteiger partial charge in [0.05, 0.1) is 0 Å². The van der Waals surface area contributed by atoms with Gasteiger partial charge in [-0.1, -0.05) is 24.6 Å². The van der Waals surface area contributed by atoms with E-state index in [1.165, 1.54) is 19.3 Å². The van der Waals surface area contributed by atoms with Crippen LogP contribution in [0.5, 0.6) is 0 Å². The number of amidine groups is 1. The quantitative estimate of drug-likeness (QED) is 0.786. The molecule has 0 saturated carbocycles. The van der Waals surface area contributed by atoms with Crippen LogP contribution in [0.3, 0.4) is 0 Å². The van der Waals surface area contributed by atoms with Crippen LogP contribution in [0.15, 0.2) is 35.3 Å². The van der Waals surface area contributed by atoms with E-state index >= 15 is 0 Å². The van der Waals surface area contributed by atoms with Gasteiger partial charge in [-0.2, -0.15) is 0 Å². The smallest absolute Gasteiger partial charge is 0.198 e. The molecule has 0 bridgehead atoms. The van der Waals surface area contributed by atoms with Crippen LogP contribution < -0.4 is 5.32 Å². The van der Waals surface area contributed by atoms with Gasteiger partial charge >= 0.3 is 0 Å². The molecule has 1 aliphatic rings. The van der Waals surface area contributed by atoms with Gasteiger partial charge in [-0.25, -0.2) is 4.99 Å². The number of rotatable bonds is 1. The molecule has 0 radical (unpaired) electrons. The summed E-state index contributed by atoms with van der Waals surface area (Å²) in [6.07, 6.45) is 4.75. The van der Waals surface area contributed by atoms with E-state index in [1.807, 2.05) is 30.3 Å². The lowest BCUT2D eigenvalue weighted by Gasteiger charge is -2.18. The van der Waals surface area contributed by atoms with Crippen LogP contribution in [0, 0.1) is 0 Å². The van der Waals surface area contributed by atoms with Gasteiger partial charge in [-0.05, 0) is 37.2 Å². The molecule has 2 rings (SSSR count). The van der Waals surface area contributed by atoms with E-state index in [1.54, 1.807) is 0 Å². The maximum absolute atomic E-state index is 5.29. The Labute approximate surface area is 114 Å². The fraction of sp³-hybridized carbons (Fsp3) is 0.429.